The van der Waals surface area contributed by atoms with Crippen molar-refractivity contribution in [1.82, 2.24) is 9.97 Å². The highest BCUT2D eigenvalue weighted by Crippen LogP contribution is 2.11. The zero-order chi connectivity index (χ0) is 6.10. The highest BCUT2D eigenvalue weighted by Gasteiger charge is 2.04. The molecule has 2 rings (SSSR count). The van der Waals surface area contributed by atoms with Gasteiger partial charge in [0.1, 0.15) is 6.61 Å². The van der Waals surface area contributed by atoms with E-state index < -0.39 is 0 Å². The molecule has 0 atom stereocenters. The number of imidazole rings is 1. The maximum atomic E-state index is 5.00. The van der Waals surface area contributed by atoms with Gasteiger partial charge in [-0.1, -0.05) is 0 Å². The molecule has 1 aliphatic rings. The molecule has 2 heterocycles. The molecule has 9 heavy (non-hydrogen) atoms. The Balaban J connectivity index is 2.53. The Kier molecular flexibility index (Phi) is 0.828. The second-order valence-electron chi connectivity index (χ2n) is 1.88. The highest BCUT2D eigenvalue weighted by molar-refractivity contribution is 5.47. The van der Waals surface area contributed by atoms with E-state index in [0.717, 1.165) is 11.4 Å². The average molecular weight is 122 g/mol. The summed E-state index contributed by atoms with van der Waals surface area (Å²) in [5.74, 6) is 0. The number of ether oxygens (including phenoxy) is 1. The van der Waals surface area contributed by atoms with Crippen molar-refractivity contribution in [3.8, 4) is 0 Å². The molecule has 3 heteroatoms. The van der Waals surface area contributed by atoms with Gasteiger partial charge < -0.3 is 9.72 Å². The van der Waals surface area contributed by atoms with Gasteiger partial charge in [0, 0.05) is 6.08 Å². The number of hydrogen-bond donors (Lipinski definition) is 1. The summed E-state index contributed by atoms with van der Waals surface area (Å²) < 4.78 is 5.00. The number of nitrogens with zero attached hydrogens (tertiary/aromatic N) is 1. The monoisotopic (exact) mass is 122 g/mol. The lowest BCUT2D eigenvalue weighted by Crippen LogP contribution is -1.94. The molecule has 0 aliphatic carbocycles. The van der Waals surface area contributed by atoms with Crippen molar-refractivity contribution in [1.29, 1.82) is 0 Å². The van der Waals surface area contributed by atoms with Gasteiger partial charge in [-0.2, -0.15) is 0 Å². The van der Waals surface area contributed by atoms with Gasteiger partial charge in [0.15, 0.2) is 0 Å². The molecule has 0 saturated carbocycles. The predicted octanol–water partition coefficient (Wildman–Crippen LogP) is 0.911. The Hall–Kier alpha value is -1.25. The normalized spacial score (nSPS) is 14.7. The van der Waals surface area contributed by atoms with Gasteiger partial charge >= 0.3 is 0 Å². The Morgan fingerprint density at radius 2 is 2.67 bits per heavy atom. The predicted molar refractivity (Wildman–Crippen MR) is 32.4 cm³/mol. The van der Waals surface area contributed by atoms with E-state index in [1.165, 1.54) is 0 Å². The van der Waals surface area contributed by atoms with Crippen LogP contribution >= 0.6 is 0 Å². The smallest absolute Gasteiger partial charge is 0.129 e. The summed E-state index contributed by atoms with van der Waals surface area (Å²) in [5, 5.41) is 0. The summed E-state index contributed by atoms with van der Waals surface area (Å²) in [6, 6.07) is 0. The Morgan fingerprint density at radius 1 is 1.67 bits per heavy atom. The molecule has 0 radical (unpaired) electrons. The Bertz CT molecular complexity index is 239. The summed E-state index contributed by atoms with van der Waals surface area (Å²) in [6.07, 6.45) is 5.17. The van der Waals surface area contributed by atoms with Crippen LogP contribution in [0.15, 0.2) is 12.6 Å². The van der Waals surface area contributed by atoms with E-state index in [-0.39, 0.29) is 0 Å². The molecule has 1 aromatic rings. The number of rotatable bonds is 0. The molecule has 0 fully saturated rings. The zero-order valence-electron chi connectivity index (χ0n) is 4.79. The summed E-state index contributed by atoms with van der Waals surface area (Å²) in [5.41, 5.74) is 2.04. The molecule has 0 saturated heterocycles. The molecule has 0 aromatic carbocycles. The Morgan fingerprint density at radius 3 is 3.56 bits per heavy atom. The molecule has 1 aliphatic heterocycles. The summed E-state index contributed by atoms with van der Waals surface area (Å²) in [7, 11) is 0. The minimum atomic E-state index is 0.617. The number of aromatic amines is 1. The first-order valence-electron chi connectivity index (χ1n) is 2.77. The van der Waals surface area contributed by atoms with E-state index in [0.29, 0.717) is 6.61 Å². The van der Waals surface area contributed by atoms with E-state index in [1.54, 1.807) is 12.6 Å². The lowest BCUT2D eigenvalue weighted by atomic mass is 10.3. The van der Waals surface area contributed by atoms with E-state index in [2.05, 4.69) is 9.97 Å². The van der Waals surface area contributed by atoms with Gasteiger partial charge in [0.2, 0.25) is 0 Å². The molecule has 0 spiro atoms. The number of aromatic nitrogens is 2. The first kappa shape index (κ1) is 4.61. The van der Waals surface area contributed by atoms with Crippen LogP contribution in [0, 0.1) is 0 Å². The quantitative estimate of drug-likeness (QED) is 0.555. The number of fused-ring (bicyclic) bond motifs is 1. The van der Waals surface area contributed by atoms with Crippen LogP contribution in [0.2, 0.25) is 0 Å². The SMILES string of the molecule is C1=Cc2nc[nH]c2CO1. The third-order valence-corrected chi connectivity index (χ3v) is 1.30. The fourth-order valence-corrected chi connectivity index (χ4v) is 0.835. The lowest BCUT2D eigenvalue weighted by molar-refractivity contribution is 0.230. The van der Waals surface area contributed by atoms with E-state index in [1.807, 2.05) is 6.08 Å². The van der Waals surface area contributed by atoms with Crippen LogP contribution in [0.25, 0.3) is 6.08 Å². The van der Waals surface area contributed by atoms with E-state index >= 15 is 0 Å². The number of hydrogen-bond acceptors (Lipinski definition) is 2. The van der Waals surface area contributed by atoms with Gasteiger partial charge in [-0.15, -0.1) is 0 Å². The number of H-pyrrole nitrogens is 1. The van der Waals surface area contributed by atoms with Gasteiger partial charge in [-0.3, -0.25) is 0 Å². The van der Waals surface area contributed by atoms with Crippen LogP contribution in [-0.2, 0) is 11.3 Å². The van der Waals surface area contributed by atoms with Crippen LogP contribution in [0.1, 0.15) is 11.4 Å². The maximum absolute atomic E-state index is 5.00. The van der Waals surface area contributed by atoms with Gasteiger partial charge in [-0.25, -0.2) is 4.98 Å². The largest absolute Gasteiger partial charge is 0.495 e. The van der Waals surface area contributed by atoms with E-state index in [4.69, 9.17) is 4.74 Å². The molecule has 0 amide bonds. The summed E-state index contributed by atoms with van der Waals surface area (Å²) >= 11 is 0. The standard InChI is InChI=1S/C6H6N2O/c1-2-9-3-6-5(1)7-4-8-6/h1-2,4H,3H2,(H,7,8). The van der Waals surface area contributed by atoms with Crippen LogP contribution in [0.5, 0.6) is 0 Å². The third kappa shape index (κ3) is 0.614. The van der Waals surface area contributed by atoms with E-state index in [9.17, 15) is 0 Å². The van der Waals surface area contributed by atoms with Crippen molar-refractivity contribution < 1.29 is 4.74 Å². The maximum Gasteiger partial charge on any atom is 0.129 e. The van der Waals surface area contributed by atoms with Crippen LogP contribution in [-0.4, -0.2) is 9.97 Å². The molecular weight excluding hydrogens is 116 g/mol. The fourth-order valence-electron chi connectivity index (χ4n) is 0.835. The van der Waals surface area contributed by atoms with Crippen LogP contribution in [0.4, 0.5) is 0 Å². The molecular formula is C6H6N2O. The van der Waals surface area contributed by atoms with Crippen LogP contribution in [0.3, 0.4) is 0 Å². The van der Waals surface area contributed by atoms with Crippen molar-refractivity contribution in [2.24, 2.45) is 0 Å². The molecule has 1 N–H and O–H groups in total. The van der Waals surface area contributed by atoms with Crippen molar-refractivity contribution >= 4 is 6.08 Å². The van der Waals surface area contributed by atoms with Crippen LogP contribution < -0.4 is 0 Å². The average Bonchev–Trinajstić information content (AvgIpc) is 2.33. The van der Waals surface area contributed by atoms with Crippen molar-refractivity contribution in [2.45, 2.75) is 6.61 Å². The Labute approximate surface area is 52.4 Å². The van der Waals surface area contributed by atoms with Gasteiger partial charge in [0.25, 0.3) is 0 Å². The summed E-state index contributed by atoms with van der Waals surface area (Å²) in [6.45, 7) is 0.617. The zero-order valence-corrected chi connectivity index (χ0v) is 4.79. The second-order valence-corrected chi connectivity index (χ2v) is 1.88. The van der Waals surface area contributed by atoms with Gasteiger partial charge in [0.05, 0.1) is 24.0 Å². The molecule has 0 unspecified atom stereocenters. The number of nitrogens with one attached hydrogen (secondary N) is 1. The minimum Gasteiger partial charge on any atom is -0.495 e. The topological polar surface area (TPSA) is 37.9 Å². The fraction of sp³-hybridized carbons (Fsp3) is 0.167. The molecule has 46 valence electrons. The molecule has 3 nitrogen and oxygen atoms in total. The summed E-state index contributed by atoms with van der Waals surface area (Å²) in [4.78, 5) is 7.00. The van der Waals surface area contributed by atoms with Gasteiger partial charge in [-0.05, 0) is 0 Å². The molecule has 1 aromatic heterocycles. The first-order chi connectivity index (χ1) is 4.47. The van der Waals surface area contributed by atoms with Crippen molar-refractivity contribution in [3.05, 3.63) is 24.0 Å². The lowest BCUT2D eigenvalue weighted by Gasteiger charge is -2.03. The third-order valence-electron chi connectivity index (χ3n) is 1.30. The second kappa shape index (κ2) is 1.62. The molecule has 0 bridgehead atoms. The minimum absolute atomic E-state index is 0.617. The highest BCUT2D eigenvalue weighted by atomic mass is 16.5. The first-order valence-corrected chi connectivity index (χ1v) is 2.77. The van der Waals surface area contributed by atoms with Crippen molar-refractivity contribution in [2.75, 3.05) is 0 Å². The van der Waals surface area contributed by atoms with Crippen molar-refractivity contribution in [3.63, 3.8) is 0 Å².